The Morgan fingerprint density at radius 3 is 2.58 bits per heavy atom. The van der Waals surface area contributed by atoms with Crippen LogP contribution in [0.2, 0.25) is 5.02 Å². The lowest BCUT2D eigenvalue weighted by atomic mass is 10.2. The number of aromatic nitrogens is 1. The smallest absolute Gasteiger partial charge is 0.321 e. The minimum Gasteiger partial charge on any atom is -0.441 e. The molecule has 1 N–H and O–H groups in total. The van der Waals surface area contributed by atoms with Crippen LogP contribution >= 0.6 is 11.6 Å². The first-order valence-corrected chi connectivity index (χ1v) is 8.90. The van der Waals surface area contributed by atoms with E-state index in [-0.39, 0.29) is 6.03 Å². The number of amides is 2. The molecule has 7 heteroatoms. The molecule has 0 atom stereocenters. The van der Waals surface area contributed by atoms with Crippen LogP contribution in [0.3, 0.4) is 0 Å². The van der Waals surface area contributed by atoms with E-state index >= 15 is 0 Å². The number of benzene rings is 2. The van der Waals surface area contributed by atoms with E-state index in [1.54, 1.807) is 13.0 Å². The number of piperazine rings is 1. The average Bonchev–Trinajstić information content (AvgIpc) is 3.02. The summed E-state index contributed by atoms with van der Waals surface area (Å²) in [6.07, 6.45) is 0. The molecule has 1 fully saturated rings. The number of aryl methyl sites for hydroxylation is 1. The van der Waals surface area contributed by atoms with Crippen molar-refractivity contribution in [3.05, 3.63) is 53.4 Å². The number of rotatable bonds is 2. The van der Waals surface area contributed by atoms with Gasteiger partial charge < -0.3 is 19.5 Å². The van der Waals surface area contributed by atoms with Crippen molar-refractivity contribution in [1.29, 1.82) is 0 Å². The van der Waals surface area contributed by atoms with Gasteiger partial charge in [-0.05, 0) is 36.4 Å². The summed E-state index contributed by atoms with van der Waals surface area (Å²) in [6.45, 7) is 4.71. The number of hydrogen-bond acceptors (Lipinski definition) is 4. The number of fused-ring (bicyclic) bond motifs is 1. The standard InChI is InChI=1S/C19H19ClN4O2/c1-13-21-17-7-4-15(12-18(17)26-13)22-19(25)24-10-8-23(9-11-24)16-5-2-14(20)3-6-16/h2-7,12H,8-11H2,1H3,(H,22,25). The van der Waals surface area contributed by atoms with Crippen molar-refractivity contribution in [2.45, 2.75) is 6.92 Å². The first-order valence-electron chi connectivity index (χ1n) is 8.52. The Labute approximate surface area is 156 Å². The van der Waals surface area contributed by atoms with Gasteiger partial charge in [-0.1, -0.05) is 11.6 Å². The summed E-state index contributed by atoms with van der Waals surface area (Å²) < 4.78 is 5.51. The molecule has 1 aliphatic heterocycles. The van der Waals surface area contributed by atoms with Gasteiger partial charge in [-0.25, -0.2) is 9.78 Å². The van der Waals surface area contributed by atoms with E-state index in [9.17, 15) is 4.79 Å². The van der Waals surface area contributed by atoms with Crippen molar-refractivity contribution >= 4 is 40.1 Å². The van der Waals surface area contributed by atoms with Crippen molar-refractivity contribution in [3.63, 3.8) is 0 Å². The summed E-state index contributed by atoms with van der Waals surface area (Å²) in [6, 6.07) is 13.2. The summed E-state index contributed by atoms with van der Waals surface area (Å²) >= 11 is 5.94. The fraction of sp³-hybridized carbons (Fsp3) is 0.263. The Morgan fingerprint density at radius 2 is 1.85 bits per heavy atom. The van der Waals surface area contributed by atoms with Gasteiger partial charge in [0.25, 0.3) is 0 Å². The van der Waals surface area contributed by atoms with Gasteiger partial charge >= 0.3 is 6.03 Å². The lowest BCUT2D eigenvalue weighted by Gasteiger charge is -2.36. The lowest BCUT2D eigenvalue weighted by molar-refractivity contribution is 0.208. The molecule has 2 heterocycles. The number of carbonyl (C=O) groups is 1. The molecule has 0 unspecified atom stereocenters. The van der Waals surface area contributed by atoms with E-state index < -0.39 is 0 Å². The Balaban J connectivity index is 1.37. The van der Waals surface area contributed by atoms with E-state index in [4.69, 9.17) is 16.0 Å². The third kappa shape index (κ3) is 3.46. The zero-order chi connectivity index (χ0) is 18.1. The van der Waals surface area contributed by atoms with Crippen LogP contribution in [-0.2, 0) is 0 Å². The number of carbonyl (C=O) groups excluding carboxylic acids is 1. The van der Waals surface area contributed by atoms with Crippen LogP contribution in [-0.4, -0.2) is 42.1 Å². The molecule has 6 nitrogen and oxygen atoms in total. The molecular weight excluding hydrogens is 352 g/mol. The van der Waals surface area contributed by atoms with E-state index in [2.05, 4.69) is 15.2 Å². The topological polar surface area (TPSA) is 61.6 Å². The number of nitrogens with zero attached hydrogens (tertiary/aromatic N) is 3. The van der Waals surface area contributed by atoms with E-state index in [0.717, 1.165) is 29.3 Å². The van der Waals surface area contributed by atoms with Crippen molar-refractivity contribution in [2.75, 3.05) is 36.4 Å². The maximum absolute atomic E-state index is 12.5. The van der Waals surface area contributed by atoms with Crippen LogP contribution in [0.15, 0.2) is 46.9 Å². The van der Waals surface area contributed by atoms with Crippen molar-refractivity contribution in [2.24, 2.45) is 0 Å². The monoisotopic (exact) mass is 370 g/mol. The molecule has 0 radical (unpaired) electrons. The molecule has 3 aromatic rings. The Morgan fingerprint density at radius 1 is 1.12 bits per heavy atom. The SMILES string of the molecule is Cc1nc2ccc(NC(=O)N3CCN(c4ccc(Cl)cc4)CC3)cc2o1. The average molecular weight is 371 g/mol. The fourth-order valence-corrected chi connectivity index (χ4v) is 3.27. The minimum absolute atomic E-state index is 0.101. The quantitative estimate of drug-likeness (QED) is 0.736. The highest BCUT2D eigenvalue weighted by Crippen LogP contribution is 2.22. The van der Waals surface area contributed by atoms with E-state index in [1.165, 1.54) is 0 Å². The Kier molecular flexibility index (Phi) is 4.42. The summed E-state index contributed by atoms with van der Waals surface area (Å²) in [4.78, 5) is 20.9. The van der Waals surface area contributed by atoms with Gasteiger partial charge in [0.05, 0.1) is 0 Å². The number of urea groups is 1. The van der Waals surface area contributed by atoms with Gasteiger partial charge in [-0.3, -0.25) is 0 Å². The zero-order valence-electron chi connectivity index (χ0n) is 14.4. The Bertz CT molecular complexity index is 930. The van der Waals surface area contributed by atoms with Gasteiger partial charge in [-0.2, -0.15) is 0 Å². The maximum atomic E-state index is 12.5. The molecule has 1 aromatic heterocycles. The Hall–Kier alpha value is -2.73. The molecule has 2 aromatic carbocycles. The summed E-state index contributed by atoms with van der Waals surface area (Å²) in [5.41, 5.74) is 3.30. The second kappa shape index (κ2) is 6.88. The lowest BCUT2D eigenvalue weighted by Crippen LogP contribution is -2.50. The summed E-state index contributed by atoms with van der Waals surface area (Å²) in [7, 11) is 0. The summed E-state index contributed by atoms with van der Waals surface area (Å²) in [5.74, 6) is 0.613. The molecule has 1 aliphatic rings. The van der Waals surface area contributed by atoms with Crippen molar-refractivity contribution in [3.8, 4) is 0 Å². The fourth-order valence-electron chi connectivity index (χ4n) is 3.14. The molecule has 26 heavy (non-hydrogen) atoms. The number of halogens is 1. The number of oxazole rings is 1. The van der Waals surface area contributed by atoms with Crippen LogP contribution in [0.1, 0.15) is 5.89 Å². The maximum Gasteiger partial charge on any atom is 0.321 e. The predicted octanol–water partition coefficient (Wildman–Crippen LogP) is 4.14. The van der Waals surface area contributed by atoms with Gasteiger partial charge in [0, 0.05) is 55.6 Å². The van der Waals surface area contributed by atoms with Crippen LogP contribution in [0.5, 0.6) is 0 Å². The van der Waals surface area contributed by atoms with E-state index in [0.29, 0.717) is 30.3 Å². The second-order valence-electron chi connectivity index (χ2n) is 6.30. The molecular formula is C19H19ClN4O2. The third-order valence-corrected chi connectivity index (χ3v) is 4.76. The van der Waals surface area contributed by atoms with Crippen LogP contribution < -0.4 is 10.2 Å². The molecule has 2 amide bonds. The number of hydrogen-bond donors (Lipinski definition) is 1. The zero-order valence-corrected chi connectivity index (χ0v) is 15.2. The van der Waals surface area contributed by atoms with Gasteiger partial charge in [0.2, 0.25) is 0 Å². The third-order valence-electron chi connectivity index (χ3n) is 4.51. The predicted molar refractivity (Wildman–Crippen MR) is 103 cm³/mol. The highest BCUT2D eigenvalue weighted by Gasteiger charge is 2.21. The second-order valence-corrected chi connectivity index (χ2v) is 6.73. The van der Waals surface area contributed by atoms with Crippen LogP contribution in [0.25, 0.3) is 11.1 Å². The first-order chi connectivity index (χ1) is 12.6. The van der Waals surface area contributed by atoms with Gasteiger partial charge in [0.15, 0.2) is 11.5 Å². The molecule has 134 valence electrons. The van der Waals surface area contributed by atoms with Crippen molar-refractivity contribution < 1.29 is 9.21 Å². The highest BCUT2D eigenvalue weighted by molar-refractivity contribution is 6.30. The van der Waals surface area contributed by atoms with Gasteiger partial charge in [-0.15, -0.1) is 0 Å². The molecule has 0 spiro atoms. The normalized spacial score (nSPS) is 14.7. The number of nitrogens with one attached hydrogen (secondary N) is 1. The minimum atomic E-state index is -0.101. The van der Waals surface area contributed by atoms with Crippen molar-refractivity contribution in [1.82, 2.24) is 9.88 Å². The molecule has 0 aliphatic carbocycles. The van der Waals surface area contributed by atoms with Gasteiger partial charge in [0.1, 0.15) is 5.52 Å². The molecule has 0 saturated carbocycles. The van der Waals surface area contributed by atoms with Crippen LogP contribution in [0, 0.1) is 6.92 Å². The summed E-state index contributed by atoms with van der Waals surface area (Å²) in [5, 5.41) is 3.67. The number of anilines is 2. The molecule has 4 rings (SSSR count). The largest absolute Gasteiger partial charge is 0.441 e. The molecule has 1 saturated heterocycles. The first kappa shape index (κ1) is 16.7. The van der Waals surface area contributed by atoms with E-state index in [1.807, 2.05) is 41.3 Å². The molecule has 0 bridgehead atoms. The highest BCUT2D eigenvalue weighted by atomic mass is 35.5. The van der Waals surface area contributed by atoms with Crippen LogP contribution in [0.4, 0.5) is 16.2 Å².